The smallest absolute Gasteiger partial charge is 0.410 e. The Balaban J connectivity index is 0.00000181. The lowest BCUT2D eigenvalue weighted by atomic mass is 9.88. The minimum absolute atomic E-state index is 0.205. The first kappa shape index (κ1) is 37.2. The van der Waals surface area contributed by atoms with Crippen molar-refractivity contribution in [2.24, 2.45) is 0 Å². The molecule has 2 heterocycles. The number of amides is 3. The third kappa shape index (κ3) is 10.7. The van der Waals surface area contributed by atoms with Gasteiger partial charge < -0.3 is 30.6 Å². The van der Waals surface area contributed by atoms with Crippen molar-refractivity contribution in [3.8, 4) is 11.3 Å². The number of para-hydroxylation sites is 1. The standard InChI is InChI=1S/C35H34ClN7O4.C2H6B/c1-35(2,3)47-34(46)43(4)18-8-13-30(44)39-23-16-14-22(15-17-23)32(45)40-24-9-7-10-25(19-24)41-33-38-21-28(36)31(42-33)27-20-37-29-12-6-5-11-26(27)29;1-3-2/h5-17,19-21,37H,18H2,1-4H3,(H,39,44)(H,40,45)(H,38,41,42);1-2H3/b13-8+;. The lowest BCUT2D eigenvalue weighted by Crippen LogP contribution is -2.34. The van der Waals surface area contributed by atoms with Gasteiger partial charge in [-0.05, 0) is 69.3 Å². The maximum absolute atomic E-state index is 13.0. The largest absolute Gasteiger partial charge is 0.444 e. The third-order valence-electron chi connectivity index (χ3n) is 6.73. The van der Waals surface area contributed by atoms with Crippen LogP contribution < -0.4 is 16.0 Å². The van der Waals surface area contributed by atoms with Crippen LogP contribution in [0.25, 0.3) is 22.2 Å². The average molecular weight is 693 g/mol. The molecule has 50 heavy (non-hydrogen) atoms. The summed E-state index contributed by atoms with van der Waals surface area (Å²) in [5.74, 6) is -0.350. The molecule has 13 heteroatoms. The van der Waals surface area contributed by atoms with E-state index in [0.717, 1.165) is 16.5 Å². The number of halogens is 1. The molecule has 0 saturated heterocycles. The summed E-state index contributed by atoms with van der Waals surface area (Å²) in [6, 6.07) is 21.5. The van der Waals surface area contributed by atoms with E-state index in [1.54, 1.807) is 82.6 Å². The summed E-state index contributed by atoms with van der Waals surface area (Å²) < 4.78 is 5.29. The van der Waals surface area contributed by atoms with Crippen LogP contribution in [0.15, 0.2) is 97.3 Å². The normalized spacial score (nSPS) is 10.9. The van der Waals surface area contributed by atoms with Crippen molar-refractivity contribution in [3.05, 3.63) is 108 Å². The summed E-state index contributed by atoms with van der Waals surface area (Å²) in [5.41, 5.74) is 3.97. The fourth-order valence-electron chi connectivity index (χ4n) is 4.51. The van der Waals surface area contributed by atoms with Gasteiger partial charge in [-0.25, -0.2) is 14.8 Å². The SMILES string of the molecule is CN(C/C=C/C(=O)Nc1ccc(C(=O)Nc2cccc(Nc3ncc(Cl)c(-c4c[nH]c5ccccc45)n3)c2)cc1)C(=O)OC(C)(C)C.C[B]C. The van der Waals surface area contributed by atoms with Crippen LogP contribution in [0.3, 0.4) is 0 Å². The van der Waals surface area contributed by atoms with Crippen molar-refractivity contribution < 1.29 is 19.1 Å². The Kier molecular flexibility index (Phi) is 12.8. The van der Waals surface area contributed by atoms with Crippen molar-refractivity contribution >= 4 is 70.7 Å². The van der Waals surface area contributed by atoms with Crippen molar-refractivity contribution in [3.63, 3.8) is 0 Å². The van der Waals surface area contributed by atoms with E-state index >= 15 is 0 Å². The molecule has 1 radical (unpaired) electrons. The molecule has 2 aromatic heterocycles. The number of hydrogen-bond acceptors (Lipinski definition) is 7. The van der Waals surface area contributed by atoms with E-state index in [1.807, 2.05) is 57.5 Å². The van der Waals surface area contributed by atoms with Crippen LogP contribution in [0.4, 0.5) is 27.8 Å². The van der Waals surface area contributed by atoms with Gasteiger partial charge in [0.15, 0.2) is 0 Å². The molecule has 0 aliphatic rings. The average Bonchev–Trinajstić information content (AvgIpc) is 3.50. The van der Waals surface area contributed by atoms with Gasteiger partial charge in [0.2, 0.25) is 11.9 Å². The van der Waals surface area contributed by atoms with E-state index in [9.17, 15) is 14.4 Å². The lowest BCUT2D eigenvalue weighted by Gasteiger charge is -2.23. The summed E-state index contributed by atoms with van der Waals surface area (Å²) in [6.45, 7) is 9.56. The predicted molar refractivity (Wildman–Crippen MR) is 203 cm³/mol. The van der Waals surface area contributed by atoms with E-state index in [1.165, 1.54) is 11.0 Å². The predicted octanol–water partition coefficient (Wildman–Crippen LogP) is 8.42. The number of carbonyl (C=O) groups excluding carboxylic acids is 3. The molecule has 0 atom stereocenters. The van der Waals surface area contributed by atoms with Gasteiger partial charge in [0.05, 0.1) is 16.9 Å². The summed E-state index contributed by atoms with van der Waals surface area (Å²) in [5, 5.41) is 10.2. The summed E-state index contributed by atoms with van der Waals surface area (Å²) in [6.07, 6.45) is 5.83. The Labute approximate surface area is 297 Å². The molecular formula is C37H40BClN7O4. The number of ether oxygens (including phenoxy) is 1. The number of hydrogen-bond donors (Lipinski definition) is 4. The number of rotatable bonds is 9. The fourth-order valence-corrected chi connectivity index (χ4v) is 4.70. The molecule has 257 valence electrons. The van der Waals surface area contributed by atoms with Gasteiger partial charge in [-0.2, -0.15) is 0 Å². The lowest BCUT2D eigenvalue weighted by molar-refractivity contribution is -0.111. The first-order chi connectivity index (χ1) is 23.9. The Bertz CT molecular complexity index is 1970. The maximum atomic E-state index is 13.0. The zero-order chi connectivity index (χ0) is 36.3. The number of H-pyrrole nitrogens is 1. The van der Waals surface area contributed by atoms with Crippen LogP contribution in [0, 0.1) is 0 Å². The molecule has 5 rings (SSSR count). The molecular weight excluding hydrogens is 653 g/mol. The van der Waals surface area contributed by atoms with Crippen LogP contribution in [-0.2, 0) is 9.53 Å². The maximum Gasteiger partial charge on any atom is 0.410 e. The molecule has 0 bridgehead atoms. The number of nitrogens with one attached hydrogen (secondary N) is 4. The molecule has 3 amide bonds. The Morgan fingerprint density at radius 2 is 1.66 bits per heavy atom. The van der Waals surface area contributed by atoms with E-state index < -0.39 is 11.7 Å². The number of nitrogens with zero attached hydrogens (tertiary/aromatic N) is 3. The highest BCUT2D eigenvalue weighted by Crippen LogP contribution is 2.33. The van der Waals surface area contributed by atoms with Gasteiger partial charge in [0.25, 0.3) is 5.91 Å². The second kappa shape index (κ2) is 17.2. The highest BCUT2D eigenvalue weighted by Gasteiger charge is 2.19. The van der Waals surface area contributed by atoms with Gasteiger partial charge in [-0.1, -0.05) is 55.6 Å². The van der Waals surface area contributed by atoms with Crippen molar-refractivity contribution in [2.45, 2.75) is 40.0 Å². The van der Waals surface area contributed by atoms with Gasteiger partial charge in [-0.3, -0.25) is 9.59 Å². The van der Waals surface area contributed by atoms with E-state index in [0.29, 0.717) is 39.3 Å². The molecule has 0 aliphatic heterocycles. The van der Waals surface area contributed by atoms with Crippen LogP contribution in [-0.4, -0.2) is 64.2 Å². The second-order valence-electron chi connectivity index (χ2n) is 12.2. The monoisotopic (exact) mass is 692 g/mol. The second-order valence-corrected chi connectivity index (χ2v) is 12.6. The van der Waals surface area contributed by atoms with Gasteiger partial charge >= 0.3 is 6.09 Å². The van der Waals surface area contributed by atoms with Gasteiger partial charge in [0, 0.05) is 65.0 Å². The topological polar surface area (TPSA) is 141 Å². The summed E-state index contributed by atoms with van der Waals surface area (Å²) >= 11 is 6.47. The van der Waals surface area contributed by atoms with Crippen LogP contribution in [0.1, 0.15) is 31.1 Å². The third-order valence-corrected chi connectivity index (χ3v) is 7.01. The molecule has 4 N–H and O–H groups in total. The Hall–Kier alpha value is -5.62. The van der Waals surface area contributed by atoms with Crippen molar-refractivity contribution in [1.29, 1.82) is 0 Å². The summed E-state index contributed by atoms with van der Waals surface area (Å²) in [7, 11) is 3.59. The van der Waals surface area contributed by atoms with E-state index in [2.05, 4.69) is 30.9 Å². The minimum Gasteiger partial charge on any atom is -0.444 e. The Morgan fingerprint density at radius 1 is 0.960 bits per heavy atom. The quantitative estimate of drug-likeness (QED) is 0.0898. The molecule has 0 aliphatic carbocycles. The zero-order valence-electron chi connectivity index (χ0n) is 28.9. The molecule has 0 saturated carbocycles. The number of carbonyl (C=O) groups is 3. The first-order valence-electron chi connectivity index (χ1n) is 15.9. The number of benzene rings is 3. The molecule has 11 nitrogen and oxygen atoms in total. The van der Waals surface area contributed by atoms with E-state index in [-0.39, 0.29) is 18.4 Å². The van der Waals surface area contributed by atoms with Crippen LogP contribution in [0.5, 0.6) is 0 Å². The van der Waals surface area contributed by atoms with Crippen molar-refractivity contribution in [2.75, 3.05) is 29.5 Å². The molecule has 3 aromatic carbocycles. The zero-order valence-corrected chi connectivity index (χ0v) is 29.6. The number of aromatic nitrogens is 3. The van der Waals surface area contributed by atoms with E-state index in [4.69, 9.17) is 16.3 Å². The number of anilines is 4. The molecule has 0 fully saturated rings. The first-order valence-corrected chi connectivity index (χ1v) is 16.3. The van der Waals surface area contributed by atoms with Gasteiger partial charge in [-0.15, -0.1) is 0 Å². The molecule has 0 unspecified atom stereocenters. The minimum atomic E-state index is -0.602. The highest BCUT2D eigenvalue weighted by atomic mass is 35.5. The summed E-state index contributed by atoms with van der Waals surface area (Å²) in [4.78, 5) is 50.9. The van der Waals surface area contributed by atoms with Crippen molar-refractivity contribution in [1.82, 2.24) is 19.9 Å². The fraction of sp³-hybridized carbons (Fsp3) is 0.216. The van der Waals surface area contributed by atoms with Crippen LogP contribution >= 0.6 is 11.6 Å². The van der Waals surface area contributed by atoms with Gasteiger partial charge in [0.1, 0.15) is 12.9 Å². The highest BCUT2D eigenvalue weighted by molar-refractivity contribution is 6.33. The van der Waals surface area contributed by atoms with Crippen LogP contribution in [0.2, 0.25) is 18.7 Å². The Morgan fingerprint density at radius 3 is 2.38 bits per heavy atom. The number of aromatic amines is 1. The number of likely N-dealkylation sites (N-methyl/N-ethyl adjacent to an activating group) is 1. The molecule has 0 spiro atoms. The molecule has 5 aromatic rings. The number of fused-ring (bicyclic) bond motifs is 1.